The van der Waals surface area contributed by atoms with Gasteiger partial charge in [0.2, 0.25) is 0 Å². The first-order chi connectivity index (χ1) is 5.45. The van der Waals surface area contributed by atoms with Gasteiger partial charge < -0.3 is 10.2 Å². The predicted molar refractivity (Wildman–Crippen MR) is 42.7 cm³/mol. The summed E-state index contributed by atoms with van der Waals surface area (Å²) in [5.74, 6) is -3.17. The maximum atomic E-state index is 10.3. The first-order valence-corrected chi connectivity index (χ1v) is 3.59. The number of rotatable bonds is 4. The van der Waals surface area contributed by atoms with Crippen molar-refractivity contribution in [2.75, 3.05) is 0 Å². The highest BCUT2D eigenvalue weighted by atomic mass is 16.4. The summed E-state index contributed by atoms with van der Waals surface area (Å²) in [6.45, 7) is 2.99. The summed E-state index contributed by atoms with van der Waals surface area (Å²) in [5, 5.41) is 16.9. The van der Waals surface area contributed by atoms with Gasteiger partial charge in [-0.05, 0) is 13.8 Å². The lowest BCUT2D eigenvalue weighted by molar-refractivity contribution is -0.141. The summed E-state index contributed by atoms with van der Waals surface area (Å²) in [6, 6.07) is 0. The number of carbonyl (C=O) groups is 2. The Balaban J connectivity index is 4.06. The molecule has 0 aromatic rings. The van der Waals surface area contributed by atoms with E-state index in [2.05, 4.69) is 0 Å². The molecule has 0 rings (SSSR count). The molecule has 0 bridgehead atoms. The summed E-state index contributed by atoms with van der Waals surface area (Å²) in [6.07, 6.45) is 2.75. The third-order valence-corrected chi connectivity index (χ3v) is 1.47. The summed E-state index contributed by atoms with van der Waals surface area (Å²) >= 11 is 0. The molecule has 0 amide bonds. The van der Waals surface area contributed by atoms with Gasteiger partial charge in [0.05, 0.1) is 11.8 Å². The maximum absolute atomic E-state index is 10.3. The van der Waals surface area contributed by atoms with Gasteiger partial charge in [-0.25, -0.2) is 0 Å². The minimum atomic E-state index is -0.955. The molecule has 2 N–H and O–H groups in total. The molecule has 4 nitrogen and oxygen atoms in total. The topological polar surface area (TPSA) is 74.6 Å². The molecule has 0 saturated carbocycles. The number of carboxylic acid groups (broad SMARTS) is 2. The van der Waals surface area contributed by atoms with E-state index in [4.69, 9.17) is 10.2 Å². The minimum Gasteiger partial charge on any atom is -0.481 e. The predicted octanol–water partition coefficient (Wildman–Crippen LogP) is 0.984. The van der Waals surface area contributed by atoms with Crippen molar-refractivity contribution < 1.29 is 19.8 Å². The van der Waals surface area contributed by atoms with Crippen molar-refractivity contribution in [2.24, 2.45) is 11.8 Å². The van der Waals surface area contributed by atoms with E-state index in [0.717, 1.165) is 0 Å². The van der Waals surface area contributed by atoms with Gasteiger partial charge in [-0.15, -0.1) is 0 Å². The van der Waals surface area contributed by atoms with E-state index < -0.39 is 23.8 Å². The molecule has 0 fully saturated rings. The average Bonchev–Trinajstić information content (AvgIpc) is 1.98. The second kappa shape index (κ2) is 4.54. The quantitative estimate of drug-likeness (QED) is 0.620. The Morgan fingerprint density at radius 1 is 1.00 bits per heavy atom. The van der Waals surface area contributed by atoms with Crippen molar-refractivity contribution >= 4 is 11.9 Å². The Labute approximate surface area is 70.5 Å². The van der Waals surface area contributed by atoms with Crippen LogP contribution < -0.4 is 0 Å². The minimum absolute atomic E-state index is 0.633. The molecule has 0 aliphatic heterocycles. The van der Waals surface area contributed by atoms with Crippen LogP contribution in [0.25, 0.3) is 0 Å². The number of hydrogen-bond donors (Lipinski definition) is 2. The number of hydrogen-bond acceptors (Lipinski definition) is 2. The fourth-order valence-corrected chi connectivity index (χ4v) is 0.498. The molecule has 0 aromatic carbocycles. The third kappa shape index (κ3) is 3.75. The summed E-state index contributed by atoms with van der Waals surface area (Å²) < 4.78 is 0. The van der Waals surface area contributed by atoms with E-state index in [1.807, 2.05) is 0 Å². The first-order valence-electron chi connectivity index (χ1n) is 3.59. The van der Waals surface area contributed by atoms with Gasteiger partial charge in [0.1, 0.15) is 0 Å². The van der Waals surface area contributed by atoms with Crippen molar-refractivity contribution in [1.29, 1.82) is 0 Å². The highest BCUT2D eigenvalue weighted by molar-refractivity contribution is 5.73. The van der Waals surface area contributed by atoms with Crippen molar-refractivity contribution in [3.05, 3.63) is 12.2 Å². The van der Waals surface area contributed by atoms with E-state index in [-0.39, 0.29) is 0 Å². The maximum Gasteiger partial charge on any atom is 0.310 e. The van der Waals surface area contributed by atoms with E-state index in [1.54, 1.807) is 0 Å². The average molecular weight is 172 g/mol. The fourth-order valence-electron chi connectivity index (χ4n) is 0.498. The van der Waals surface area contributed by atoms with E-state index in [1.165, 1.54) is 26.0 Å². The zero-order chi connectivity index (χ0) is 9.72. The molecule has 0 saturated heterocycles. The monoisotopic (exact) mass is 172 g/mol. The number of carboxylic acids is 2. The van der Waals surface area contributed by atoms with Crippen LogP contribution in [0.15, 0.2) is 12.2 Å². The Morgan fingerprint density at radius 3 is 1.42 bits per heavy atom. The molecule has 0 radical (unpaired) electrons. The molecule has 0 spiro atoms. The highest BCUT2D eigenvalue weighted by Crippen LogP contribution is 2.02. The molecule has 2 atom stereocenters. The zero-order valence-corrected chi connectivity index (χ0v) is 7.02. The van der Waals surface area contributed by atoms with Crippen LogP contribution in [-0.4, -0.2) is 22.2 Å². The second-order valence-electron chi connectivity index (χ2n) is 2.64. The van der Waals surface area contributed by atoms with Gasteiger partial charge >= 0.3 is 11.9 Å². The van der Waals surface area contributed by atoms with Gasteiger partial charge in [-0.2, -0.15) is 0 Å². The molecular weight excluding hydrogens is 160 g/mol. The SMILES string of the molecule is CC(/C=C/C(C)C(=O)O)C(=O)O. The molecule has 12 heavy (non-hydrogen) atoms. The molecule has 68 valence electrons. The van der Waals surface area contributed by atoms with Gasteiger partial charge in [-0.1, -0.05) is 12.2 Å². The zero-order valence-electron chi connectivity index (χ0n) is 7.02. The Hall–Kier alpha value is -1.32. The van der Waals surface area contributed by atoms with Crippen LogP contribution >= 0.6 is 0 Å². The van der Waals surface area contributed by atoms with Gasteiger partial charge in [0.15, 0.2) is 0 Å². The van der Waals surface area contributed by atoms with Crippen LogP contribution in [0.4, 0.5) is 0 Å². The molecule has 0 aliphatic rings. The largest absolute Gasteiger partial charge is 0.481 e. The van der Waals surface area contributed by atoms with Gasteiger partial charge in [-0.3, -0.25) is 9.59 Å². The van der Waals surface area contributed by atoms with E-state index in [0.29, 0.717) is 0 Å². The highest BCUT2D eigenvalue weighted by Gasteiger charge is 2.09. The van der Waals surface area contributed by atoms with Crippen molar-refractivity contribution in [3.8, 4) is 0 Å². The molecule has 4 heteroatoms. The molecule has 2 unspecified atom stereocenters. The number of aliphatic carboxylic acids is 2. The summed E-state index contributed by atoms with van der Waals surface area (Å²) in [4.78, 5) is 20.6. The molecular formula is C8H12O4. The lowest BCUT2D eigenvalue weighted by Crippen LogP contribution is -2.09. The summed E-state index contributed by atoms with van der Waals surface area (Å²) in [7, 11) is 0. The van der Waals surface area contributed by atoms with Crippen LogP contribution in [0, 0.1) is 11.8 Å². The first kappa shape index (κ1) is 10.7. The van der Waals surface area contributed by atoms with E-state index in [9.17, 15) is 9.59 Å². The van der Waals surface area contributed by atoms with Crippen molar-refractivity contribution in [3.63, 3.8) is 0 Å². The van der Waals surface area contributed by atoms with Crippen molar-refractivity contribution in [1.82, 2.24) is 0 Å². The lowest BCUT2D eigenvalue weighted by Gasteiger charge is -2.00. The Bertz CT molecular complexity index is 185. The second-order valence-corrected chi connectivity index (χ2v) is 2.64. The Morgan fingerprint density at radius 2 is 1.25 bits per heavy atom. The van der Waals surface area contributed by atoms with Crippen LogP contribution in [0.3, 0.4) is 0 Å². The van der Waals surface area contributed by atoms with E-state index >= 15 is 0 Å². The standard InChI is InChI=1S/C8H12O4/c1-5(7(9)10)3-4-6(2)8(11)12/h3-6H,1-2H3,(H,9,10)(H,11,12)/b4-3+. The molecule has 0 aromatic heterocycles. The molecule has 0 aliphatic carbocycles. The van der Waals surface area contributed by atoms with Crippen LogP contribution in [0.5, 0.6) is 0 Å². The summed E-state index contributed by atoms with van der Waals surface area (Å²) in [5.41, 5.74) is 0. The third-order valence-electron chi connectivity index (χ3n) is 1.47. The lowest BCUT2D eigenvalue weighted by atomic mass is 10.1. The van der Waals surface area contributed by atoms with Crippen LogP contribution in [0.1, 0.15) is 13.8 Å². The van der Waals surface area contributed by atoms with Crippen LogP contribution in [0.2, 0.25) is 0 Å². The van der Waals surface area contributed by atoms with Gasteiger partial charge in [0.25, 0.3) is 0 Å². The Kier molecular flexibility index (Phi) is 4.04. The van der Waals surface area contributed by atoms with Crippen LogP contribution in [-0.2, 0) is 9.59 Å². The fraction of sp³-hybridized carbons (Fsp3) is 0.500. The van der Waals surface area contributed by atoms with Crippen molar-refractivity contribution in [2.45, 2.75) is 13.8 Å². The van der Waals surface area contributed by atoms with Gasteiger partial charge in [0, 0.05) is 0 Å². The normalized spacial score (nSPS) is 15.8. The molecule has 0 heterocycles. The smallest absolute Gasteiger partial charge is 0.310 e.